The van der Waals surface area contributed by atoms with Crippen LogP contribution in [-0.4, -0.2) is 66.2 Å². The minimum absolute atomic E-state index is 0.0915. The second-order valence-electron chi connectivity index (χ2n) is 7.24. The summed E-state index contributed by atoms with van der Waals surface area (Å²) in [5.41, 5.74) is 2.89. The monoisotopic (exact) mass is 408 g/mol. The highest BCUT2D eigenvalue weighted by atomic mass is 16.5. The van der Waals surface area contributed by atoms with Crippen molar-refractivity contribution < 1.29 is 14.6 Å². The van der Waals surface area contributed by atoms with Gasteiger partial charge in [0.15, 0.2) is 0 Å². The summed E-state index contributed by atoms with van der Waals surface area (Å²) in [5.74, 6) is 3.02. The fraction of sp³-hybridized carbons (Fsp3) is 0.333. The number of para-hydroxylation sites is 2. The van der Waals surface area contributed by atoms with Gasteiger partial charge >= 0.3 is 0 Å². The lowest BCUT2D eigenvalue weighted by molar-refractivity contribution is 0.195. The number of benzene rings is 2. The zero-order valence-corrected chi connectivity index (χ0v) is 16.9. The Morgan fingerprint density at radius 2 is 2.03 bits per heavy atom. The number of hydrogen-bond donors (Lipinski definition) is 2. The summed E-state index contributed by atoms with van der Waals surface area (Å²) in [5, 5.41) is 12.9. The van der Waals surface area contributed by atoms with E-state index < -0.39 is 0 Å². The van der Waals surface area contributed by atoms with Crippen LogP contribution in [0.4, 0.5) is 5.95 Å². The molecule has 0 radical (unpaired) electrons. The van der Waals surface area contributed by atoms with Gasteiger partial charge in [-0.3, -0.25) is 14.4 Å². The minimum atomic E-state index is -0.243. The maximum atomic E-state index is 9.35. The molecule has 0 unspecified atom stereocenters. The Bertz CT molecular complexity index is 1110. The van der Waals surface area contributed by atoms with Crippen molar-refractivity contribution in [3.8, 4) is 11.5 Å². The summed E-state index contributed by atoms with van der Waals surface area (Å²) in [6.45, 7) is 1.77. The first-order valence-corrected chi connectivity index (χ1v) is 9.84. The smallest absolute Gasteiger partial charge is 0.216 e. The summed E-state index contributed by atoms with van der Waals surface area (Å²) in [7, 11) is 3.30. The molecule has 0 amide bonds. The van der Waals surface area contributed by atoms with Crippen molar-refractivity contribution in [1.29, 1.82) is 0 Å². The van der Waals surface area contributed by atoms with Gasteiger partial charge in [0.25, 0.3) is 0 Å². The van der Waals surface area contributed by atoms with Crippen LogP contribution in [0.2, 0.25) is 0 Å². The number of ether oxygens (including phenoxy) is 2. The predicted molar refractivity (Wildman–Crippen MR) is 114 cm³/mol. The number of fused-ring (bicyclic) bond motifs is 5. The van der Waals surface area contributed by atoms with Gasteiger partial charge in [0.1, 0.15) is 17.7 Å². The number of anilines is 1. The highest BCUT2D eigenvalue weighted by Crippen LogP contribution is 2.38. The fourth-order valence-electron chi connectivity index (χ4n) is 4.05. The summed E-state index contributed by atoms with van der Waals surface area (Å²) >= 11 is 0. The van der Waals surface area contributed by atoms with Gasteiger partial charge in [0.2, 0.25) is 11.9 Å². The van der Waals surface area contributed by atoms with Crippen molar-refractivity contribution in [1.82, 2.24) is 19.8 Å². The van der Waals surface area contributed by atoms with E-state index in [0.29, 0.717) is 19.9 Å². The second kappa shape index (κ2) is 7.51. The van der Waals surface area contributed by atoms with Gasteiger partial charge in [-0.1, -0.05) is 12.1 Å². The topological polar surface area (TPSA) is 87.4 Å². The molecule has 1 atom stereocenters. The number of nitrogens with zero attached hydrogens (tertiary/aromatic N) is 5. The standard InChI is InChI=1S/C21H24N6O3/c1-29-14-7-8-15(18(11-14)30-2)19-24-20-22-12-25(9-10-28)13-26(20)21-23-16-5-3-4-6-17(16)27(19)21/h3-8,11,19,28H,9-10,12-13H2,1-2H3,(H,22,24)/t19-/m1/s1. The number of aliphatic imine (C=N–C) groups is 1. The highest BCUT2D eigenvalue weighted by Gasteiger charge is 2.36. The van der Waals surface area contributed by atoms with Crippen LogP contribution in [0.5, 0.6) is 11.5 Å². The van der Waals surface area contributed by atoms with E-state index >= 15 is 0 Å². The first-order valence-electron chi connectivity index (χ1n) is 9.84. The van der Waals surface area contributed by atoms with Crippen LogP contribution in [0.1, 0.15) is 11.7 Å². The first-order chi connectivity index (χ1) is 14.7. The summed E-state index contributed by atoms with van der Waals surface area (Å²) in [6, 6.07) is 13.9. The molecular weight excluding hydrogens is 384 g/mol. The number of aromatic nitrogens is 2. The van der Waals surface area contributed by atoms with Crippen molar-refractivity contribution in [2.45, 2.75) is 6.17 Å². The molecule has 2 aliphatic rings. The van der Waals surface area contributed by atoms with E-state index in [2.05, 4.69) is 20.9 Å². The zero-order chi connectivity index (χ0) is 20.7. The average Bonchev–Trinajstić information content (AvgIpc) is 3.18. The number of guanidine groups is 1. The van der Waals surface area contributed by atoms with Crippen LogP contribution in [-0.2, 0) is 0 Å². The van der Waals surface area contributed by atoms with Gasteiger partial charge in [-0.15, -0.1) is 0 Å². The molecule has 0 saturated heterocycles. The normalized spacial score (nSPS) is 18.4. The lowest BCUT2D eigenvalue weighted by atomic mass is 10.1. The number of aliphatic hydroxyl groups is 1. The molecule has 0 spiro atoms. The first kappa shape index (κ1) is 18.7. The third kappa shape index (κ3) is 2.94. The van der Waals surface area contributed by atoms with Crippen LogP contribution >= 0.6 is 0 Å². The molecule has 5 rings (SSSR count). The Morgan fingerprint density at radius 3 is 2.83 bits per heavy atom. The third-order valence-corrected chi connectivity index (χ3v) is 5.51. The van der Waals surface area contributed by atoms with Crippen LogP contribution in [0, 0.1) is 0 Å². The van der Waals surface area contributed by atoms with Crippen molar-refractivity contribution in [2.75, 3.05) is 45.6 Å². The van der Waals surface area contributed by atoms with Crippen LogP contribution in [0.25, 0.3) is 11.0 Å². The van der Waals surface area contributed by atoms with Gasteiger partial charge in [-0.25, -0.2) is 9.98 Å². The van der Waals surface area contributed by atoms with Gasteiger partial charge < -0.3 is 19.9 Å². The van der Waals surface area contributed by atoms with Gasteiger partial charge in [-0.2, -0.15) is 0 Å². The van der Waals surface area contributed by atoms with Gasteiger partial charge in [-0.05, 0) is 24.3 Å². The predicted octanol–water partition coefficient (Wildman–Crippen LogP) is 1.59. The van der Waals surface area contributed by atoms with Crippen LogP contribution < -0.4 is 19.7 Å². The molecule has 0 fully saturated rings. The highest BCUT2D eigenvalue weighted by molar-refractivity contribution is 5.99. The quantitative estimate of drug-likeness (QED) is 0.663. The average molecular weight is 408 g/mol. The second-order valence-corrected chi connectivity index (χ2v) is 7.24. The third-order valence-electron chi connectivity index (χ3n) is 5.51. The number of methoxy groups -OCH3 is 2. The lowest BCUT2D eigenvalue weighted by Gasteiger charge is -2.41. The maximum absolute atomic E-state index is 9.35. The van der Waals surface area contributed by atoms with E-state index in [1.165, 1.54) is 0 Å². The lowest BCUT2D eigenvalue weighted by Crippen LogP contribution is -2.57. The van der Waals surface area contributed by atoms with Gasteiger partial charge in [0, 0.05) is 18.2 Å². The molecule has 30 heavy (non-hydrogen) atoms. The Labute approximate surface area is 174 Å². The molecule has 2 N–H and O–H groups in total. The molecule has 1 aromatic heterocycles. The molecular formula is C21H24N6O3. The Morgan fingerprint density at radius 1 is 1.17 bits per heavy atom. The minimum Gasteiger partial charge on any atom is -0.497 e. The maximum Gasteiger partial charge on any atom is 0.216 e. The Balaban J connectivity index is 1.68. The molecule has 3 aromatic rings. The molecule has 3 heterocycles. The number of hydrogen-bond acceptors (Lipinski definition) is 8. The van der Waals surface area contributed by atoms with Crippen molar-refractivity contribution in [2.24, 2.45) is 4.99 Å². The molecule has 0 aliphatic carbocycles. The van der Waals surface area contributed by atoms with Crippen molar-refractivity contribution in [3.05, 3.63) is 48.0 Å². The molecule has 156 valence electrons. The van der Waals surface area contributed by atoms with Crippen LogP contribution in [0.3, 0.4) is 0 Å². The van der Waals surface area contributed by atoms with E-state index in [-0.39, 0.29) is 12.8 Å². The largest absolute Gasteiger partial charge is 0.497 e. The molecule has 9 nitrogen and oxygen atoms in total. The van der Waals surface area contributed by atoms with Crippen molar-refractivity contribution >= 4 is 22.9 Å². The molecule has 0 bridgehead atoms. The molecule has 2 aliphatic heterocycles. The number of nitrogens with one attached hydrogen (secondary N) is 1. The zero-order valence-electron chi connectivity index (χ0n) is 16.9. The van der Waals surface area contributed by atoms with E-state index in [1.807, 2.05) is 41.3 Å². The number of rotatable bonds is 5. The SMILES string of the molecule is COc1ccc([C@@H]2NC3=NCN(CCO)CN3c3nc4ccccc4n32)c(OC)c1. The van der Waals surface area contributed by atoms with Crippen molar-refractivity contribution in [3.63, 3.8) is 0 Å². The Kier molecular flexibility index (Phi) is 4.68. The summed E-state index contributed by atoms with van der Waals surface area (Å²) < 4.78 is 13.2. The van der Waals surface area contributed by atoms with Gasteiger partial charge in [0.05, 0.1) is 45.2 Å². The fourth-order valence-corrected chi connectivity index (χ4v) is 4.05. The van der Waals surface area contributed by atoms with E-state index in [9.17, 15) is 5.11 Å². The van der Waals surface area contributed by atoms with E-state index in [0.717, 1.165) is 40.0 Å². The molecule has 9 heteroatoms. The van der Waals surface area contributed by atoms with E-state index in [1.54, 1.807) is 14.2 Å². The molecule has 0 saturated carbocycles. The molecule has 2 aromatic carbocycles. The Hall–Kier alpha value is -3.30. The number of β-amino-alcohol motifs (C(OH)–C–C–N with tert-alkyl or cyclic N) is 1. The summed E-state index contributed by atoms with van der Waals surface area (Å²) in [6.07, 6.45) is -0.243. The number of aliphatic hydroxyl groups excluding tert-OH is 1. The number of imidazole rings is 1. The van der Waals surface area contributed by atoms with Crippen LogP contribution in [0.15, 0.2) is 47.5 Å². The van der Waals surface area contributed by atoms with E-state index in [4.69, 9.17) is 19.5 Å². The summed E-state index contributed by atoms with van der Waals surface area (Å²) in [4.78, 5) is 13.7.